The summed E-state index contributed by atoms with van der Waals surface area (Å²) in [5.41, 5.74) is 3.37. The molecular formula is C30H34N2O5S2. The molecule has 2 aliphatic rings. The third kappa shape index (κ3) is 5.41. The summed E-state index contributed by atoms with van der Waals surface area (Å²) in [6.45, 7) is 4.25. The molecule has 0 aliphatic carbocycles. The van der Waals surface area contributed by atoms with E-state index >= 15 is 0 Å². The normalized spacial score (nSPS) is 22.9. The van der Waals surface area contributed by atoms with Gasteiger partial charge in [0.25, 0.3) is 0 Å². The summed E-state index contributed by atoms with van der Waals surface area (Å²) in [6, 6.07) is 24.3. The van der Waals surface area contributed by atoms with Crippen LogP contribution in [-0.4, -0.2) is 50.9 Å². The average Bonchev–Trinajstić information content (AvgIpc) is 2.93. The maximum atomic E-state index is 14.1. The van der Waals surface area contributed by atoms with Crippen molar-refractivity contribution in [1.29, 1.82) is 0 Å². The quantitative estimate of drug-likeness (QED) is 0.393. The number of hydrogen-bond acceptors (Lipinski definition) is 5. The standard InChI is InChI=1S/C30H34N2O5S2/c1-4-37-30-20-28(24-13-9-6-10-14-24)32(38(3,33)34)29-19-27(23-11-7-5-8-12-23)31(21-26(29)30)39(35,36)25-17-15-22(2)16-18-25/h5-18,27-29H,4,19-21H2,1-3H3/t27-,28-,29-/m0/s1. The monoisotopic (exact) mass is 566 g/mol. The Kier molecular flexibility index (Phi) is 7.70. The molecule has 5 rings (SSSR count). The van der Waals surface area contributed by atoms with E-state index < -0.39 is 38.2 Å². The van der Waals surface area contributed by atoms with Gasteiger partial charge >= 0.3 is 0 Å². The molecular weight excluding hydrogens is 532 g/mol. The molecule has 0 N–H and O–H groups in total. The fourth-order valence-corrected chi connectivity index (χ4v) is 8.74. The molecule has 0 amide bonds. The second-order valence-electron chi connectivity index (χ2n) is 10.1. The molecule has 1 fully saturated rings. The molecule has 0 bridgehead atoms. The summed E-state index contributed by atoms with van der Waals surface area (Å²) in [5.74, 6) is 0.673. The Bertz CT molecular complexity index is 1550. The molecule has 3 atom stereocenters. The van der Waals surface area contributed by atoms with Gasteiger partial charge in [0.2, 0.25) is 20.0 Å². The van der Waals surface area contributed by atoms with Crippen LogP contribution in [0.1, 0.15) is 48.5 Å². The number of nitrogens with zero attached hydrogens (tertiary/aromatic N) is 2. The van der Waals surface area contributed by atoms with Gasteiger partial charge < -0.3 is 4.74 Å². The number of hydrogen-bond donors (Lipinski definition) is 0. The lowest BCUT2D eigenvalue weighted by Gasteiger charge is -2.49. The summed E-state index contributed by atoms with van der Waals surface area (Å²) in [6.07, 6.45) is 1.85. The Morgan fingerprint density at radius 1 is 0.795 bits per heavy atom. The van der Waals surface area contributed by atoms with Crippen LogP contribution in [0, 0.1) is 6.92 Å². The van der Waals surface area contributed by atoms with E-state index in [1.54, 1.807) is 28.6 Å². The number of piperidine rings is 1. The molecule has 3 aromatic carbocycles. The molecule has 206 valence electrons. The lowest BCUT2D eigenvalue weighted by molar-refractivity contribution is 0.118. The van der Waals surface area contributed by atoms with E-state index in [1.807, 2.05) is 74.5 Å². The van der Waals surface area contributed by atoms with Crippen LogP contribution in [0.2, 0.25) is 0 Å². The highest BCUT2D eigenvalue weighted by molar-refractivity contribution is 7.89. The van der Waals surface area contributed by atoms with Gasteiger partial charge in [0.05, 0.1) is 41.6 Å². The van der Waals surface area contributed by atoms with Gasteiger partial charge in [-0.25, -0.2) is 16.8 Å². The molecule has 0 saturated carbocycles. The van der Waals surface area contributed by atoms with E-state index in [1.165, 1.54) is 10.6 Å². The van der Waals surface area contributed by atoms with Crippen LogP contribution in [0.4, 0.5) is 0 Å². The second-order valence-corrected chi connectivity index (χ2v) is 13.9. The van der Waals surface area contributed by atoms with Crippen molar-refractivity contribution in [2.24, 2.45) is 0 Å². The first-order valence-corrected chi connectivity index (χ1v) is 16.4. The first kappa shape index (κ1) is 27.6. The van der Waals surface area contributed by atoms with Crippen LogP contribution in [-0.2, 0) is 24.8 Å². The molecule has 7 nitrogen and oxygen atoms in total. The van der Waals surface area contributed by atoms with Crippen molar-refractivity contribution in [2.45, 2.75) is 49.7 Å². The summed E-state index contributed by atoms with van der Waals surface area (Å²) >= 11 is 0. The van der Waals surface area contributed by atoms with Gasteiger partial charge in [-0.2, -0.15) is 8.61 Å². The number of rotatable bonds is 7. The average molecular weight is 567 g/mol. The van der Waals surface area contributed by atoms with Crippen LogP contribution in [0.25, 0.3) is 0 Å². The Balaban J connectivity index is 1.68. The Hall–Kier alpha value is -2.98. The SMILES string of the molecule is CCOC1=C2CN(S(=O)(=O)c3ccc(C)cc3)[C@H](c3ccccc3)C[C@@H]2N(S(C)(=O)=O)[C@H](c2ccccc2)C1. The van der Waals surface area contributed by atoms with E-state index in [2.05, 4.69) is 0 Å². The van der Waals surface area contributed by atoms with Crippen LogP contribution in [0.15, 0.2) is 101 Å². The molecule has 9 heteroatoms. The van der Waals surface area contributed by atoms with Crippen LogP contribution in [0.3, 0.4) is 0 Å². The predicted octanol–water partition coefficient (Wildman–Crippen LogP) is 5.20. The highest BCUT2D eigenvalue weighted by atomic mass is 32.2. The van der Waals surface area contributed by atoms with Crippen LogP contribution < -0.4 is 0 Å². The molecule has 39 heavy (non-hydrogen) atoms. The van der Waals surface area contributed by atoms with E-state index in [4.69, 9.17) is 4.74 Å². The molecule has 1 saturated heterocycles. The number of benzene rings is 3. The number of aryl methyl sites for hydroxylation is 1. The maximum absolute atomic E-state index is 14.1. The minimum atomic E-state index is -3.91. The number of sulfonamides is 2. The Labute approximate surface area is 231 Å². The molecule has 0 radical (unpaired) electrons. The van der Waals surface area contributed by atoms with Crippen molar-refractivity contribution in [1.82, 2.24) is 8.61 Å². The van der Waals surface area contributed by atoms with E-state index in [-0.39, 0.29) is 17.9 Å². The van der Waals surface area contributed by atoms with Crippen molar-refractivity contribution in [3.05, 3.63) is 113 Å². The molecule has 3 aromatic rings. The van der Waals surface area contributed by atoms with Gasteiger partial charge in [-0.3, -0.25) is 0 Å². The smallest absolute Gasteiger partial charge is 0.243 e. The van der Waals surface area contributed by atoms with Crippen molar-refractivity contribution in [3.63, 3.8) is 0 Å². The topological polar surface area (TPSA) is 84.0 Å². The Morgan fingerprint density at radius 3 is 1.90 bits per heavy atom. The number of fused-ring (bicyclic) bond motifs is 1. The first-order chi connectivity index (χ1) is 18.6. The van der Waals surface area contributed by atoms with E-state index in [9.17, 15) is 16.8 Å². The number of ether oxygens (including phenoxy) is 1. The summed E-state index contributed by atoms with van der Waals surface area (Å²) < 4.78 is 64.2. The van der Waals surface area contributed by atoms with E-state index in [0.29, 0.717) is 24.4 Å². The van der Waals surface area contributed by atoms with Gasteiger partial charge in [-0.1, -0.05) is 78.4 Å². The van der Waals surface area contributed by atoms with Gasteiger partial charge in [0, 0.05) is 18.5 Å². The predicted molar refractivity (Wildman–Crippen MR) is 152 cm³/mol. The lowest BCUT2D eigenvalue weighted by atomic mass is 9.84. The highest BCUT2D eigenvalue weighted by Crippen LogP contribution is 2.48. The Morgan fingerprint density at radius 2 is 1.36 bits per heavy atom. The van der Waals surface area contributed by atoms with Gasteiger partial charge in [0.1, 0.15) is 0 Å². The summed E-state index contributed by atoms with van der Waals surface area (Å²) in [7, 11) is -7.58. The highest BCUT2D eigenvalue weighted by Gasteiger charge is 2.49. The van der Waals surface area contributed by atoms with Gasteiger partial charge in [0.15, 0.2) is 0 Å². The van der Waals surface area contributed by atoms with Gasteiger partial charge in [-0.05, 0) is 43.5 Å². The van der Waals surface area contributed by atoms with Crippen molar-refractivity contribution in [3.8, 4) is 0 Å². The van der Waals surface area contributed by atoms with Gasteiger partial charge in [-0.15, -0.1) is 0 Å². The van der Waals surface area contributed by atoms with Crippen molar-refractivity contribution < 1.29 is 21.6 Å². The lowest BCUT2D eigenvalue weighted by Crippen LogP contribution is -2.54. The second kappa shape index (κ2) is 10.9. The van der Waals surface area contributed by atoms with Crippen molar-refractivity contribution in [2.75, 3.05) is 19.4 Å². The molecule has 2 heterocycles. The largest absolute Gasteiger partial charge is 0.498 e. The zero-order chi connectivity index (χ0) is 27.8. The third-order valence-electron chi connectivity index (χ3n) is 7.57. The van der Waals surface area contributed by atoms with E-state index in [0.717, 1.165) is 16.7 Å². The fraction of sp³-hybridized carbons (Fsp3) is 0.333. The summed E-state index contributed by atoms with van der Waals surface area (Å²) in [4.78, 5) is 0.212. The zero-order valence-corrected chi connectivity index (χ0v) is 24.0. The fourth-order valence-electron chi connectivity index (χ4n) is 5.80. The van der Waals surface area contributed by atoms with Crippen LogP contribution in [0.5, 0.6) is 0 Å². The minimum absolute atomic E-state index is 0.0449. The third-order valence-corrected chi connectivity index (χ3v) is 10.7. The molecule has 0 aromatic heterocycles. The van der Waals surface area contributed by atoms with Crippen LogP contribution >= 0.6 is 0 Å². The van der Waals surface area contributed by atoms with Crippen molar-refractivity contribution >= 4 is 20.0 Å². The molecule has 0 spiro atoms. The first-order valence-electron chi connectivity index (χ1n) is 13.1. The maximum Gasteiger partial charge on any atom is 0.243 e. The minimum Gasteiger partial charge on any atom is -0.498 e. The zero-order valence-electron chi connectivity index (χ0n) is 22.4. The molecule has 0 unspecified atom stereocenters. The molecule has 2 aliphatic heterocycles. The summed E-state index contributed by atoms with van der Waals surface area (Å²) in [5, 5.41) is 0.